The Hall–Kier alpha value is -5.66. The van der Waals surface area contributed by atoms with Crippen LogP contribution in [-0.2, 0) is 11.8 Å². The number of aryl methyl sites for hydroxylation is 1. The molecule has 0 bridgehead atoms. The van der Waals surface area contributed by atoms with Crippen LogP contribution >= 0.6 is 0 Å². The van der Waals surface area contributed by atoms with Crippen molar-refractivity contribution in [3.8, 4) is 33.4 Å². The fourth-order valence-electron chi connectivity index (χ4n) is 9.01. The number of hydrogen-bond donors (Lipinski definition) is 0. The molecule has 1 heterocycles. The highest BCUT2D eigenvalue weighted by Crippen LogP contribution is 2.55. The first-order chi connectivity index (χ1) is 24.1. The molecule has 0 fully saturated rings. The van der Waals surface area contributed by atoms with E-state index in [9.17, 15) is 0 Å². The van der Waals surface area contributed by atoms with Crippen molar-refractivity contribution in [3.63, 3.8) is 0 Å². The van der Waals surface area contributed by atoms with Crippen LogP contribution in [0.25, 0.3) is 65.7 Å². The fraction of sp³-hybridized carbons (Fsp3) is 0.125. The molecular formula is C48H37N. The zero-order valence-corrected chi connectivity index (χ0v) is 28.0. The molecular weight excluding hydrogens is 591 g/mol. The maximum Gasteiger partial charge on any atom is 0.0570 e. The van der Waals surface area contributed by atoms with Crippen LogP contribution in [0.3, 0.4) is 0 Å². The molecule has 0 saturated carbocycles. The summed E-state index contributed by atoms with van der Waals surface area (Å²) in [6.07, 6.45) is 2.26. The van der Waals surface area contributed by atoms with Gasteiger partial charge in [-0.05, 0) is 103 Å². The lowest BCUT2D eigenvalue weighted by atomic mass is 9.81. The maximum absolute atomic E-state index is 2.61. The van der Waals surface area contributed by atoms with Crippen LogP contribution in [0.5, 0.6) is 0 Å². The number of hydrogen-bond acceptors (Lipinski definition) is 1. The Kier molecular flexibility index (Phi) is 6.18. The van der Waals surface area contributed by atoms with Crippen molar-refractivity contribution < 1.29 is 0 Å². The van der Waals surface area contributed by atoms with Crippen molar-refractivity contribution in [1.82, 2.24) is 0 Å². The third kappa shape index (κ3) is 4.18. The monoisotopic (exact) mass is 627 g/mol. The van der Waals surface area contributed by atoms with Crippen molar-refractivity contribution in [3.05, 3.63) is 168 Å². The molecule has 1 aliphatic carbocycles. The molecule has 49 heavy (non-hydrogen) atoms. The van der Waals surface area contributed by atoms with Crippen molar-refractivity contribution >= 4 is 43.7 Å². The van der Waals surface area contributed by atoms with E-state index in [0.717, 1.165) is 19.4 Å². The summed E-state index contributed by atoms with van der Waals surface area (Å²) >= 11 is 0. The van der Waals surface area contributed by atoms with E-state index < -0.39 is 0 Å². The standard InChI is InChI=1S/C48H37N/c1-48(2)42-21-9-8-19-39(42)46-40(20-11-22-43(46)48)45-36-17-6-7-18-37(36)47(49-28-12-16-32-14-5-10-23-44(32)49)38-27-26-35(30-41(38)45)34-25-24-31-13-3-4-15-33(31)29-34/h3-11,13-15,17-27,29-30H,12,16,28H2,1-2H3. The average molecular weight is 628 g/mol. The Labute approximate surface area is 288 Å². The maximum atomic E-state index is 2.61. The Morgan fingerprint density at radius 2 is 1.16 bits per heavy atom. The van der Waals surface area contributed by atoms with Crippen LogP contribution in [0.2, 0.25) is 0 Å². The highest BCUT2D eigenvalue weighted by molar-refractivity contribution is 6.23. The first kappa shape index (κ1) is 28.4. The van der Waals surface area contributed by atoms with E-state index >= 15 is 0 Å². The van der Waals surface area contributed by atoms with Gasteiger partial charge in [-0.25, -0.2) is 0 Å². The van der Waals surface area contributed by atoms with Gasteiger partial charge in [0.2, 0.25) is 0 Å². The Morgan fingerprint density at radius 1 is 0.490 bits per heavy atom. The molecule has 0 amide bonds. The van der Waals surface area contributed by atoms with Gasteiger partial charge in [-0.15, -0.1) is 0 Å². The van der Waals surface area contributed by atoms with Gasteiger partial charge in [0.25, 0.3) is 0 Å². The Bertz CT molecular complexity index is 2620. The molecule has 0 unspecified atom stereocenters. The second-order valence-corrected chi connectivity index (χ2v) is 14.4. The van der Waals surface area contributed by atoms with Gasteiger partial charge < -0.3 is 4.90 Å². The van der Waals surface area contributed by atoms with Gasteiger partial charge in [0.05, 0.1) is 5.69 Å². The molecule has 234 valence electrons. The summed E-state index contributed by atoms with van der Waals surface area (Å²) in [5, 5.41) is 7.76. The normalized spacial score (nSPS) is 14.6. The predicted octanol–water partition coefficient (Wildman–Crippen LogP) is 12.9. The highest BCUT2D eigenvalue weighted by atomic mass is 15.1. The summed E-state index contributed by atoms with van der Waals surface area (Å²) in [4.78, 5) is 2.61. The number of benzene rings is 8. The van der Waals surface area contributed by atoms with E-state index in [1.54, 1.807) is 0 Å². The molecule has 8 aromatic carbocycles. The summed E-state index contributed by atoms with van der Waals surface area (Å²) in [5.41, 5.74) is 14.7. The molecule has 1 heteroatoms. The molecule has 1 nitrogen and oxygen atoms in total. The van der Waals surface area contributed by atoms with E-state index in [1.165, 1.54) is 93.8 Å². The third-order valence-corrected chi connectivity index (χ3v) is 11.3. The van der Waals surface area contributed by atoms with Crippen LogP contribution in [0, 0.1) is 0 Å². The summed E-state index contributed by atoms with van der Waals surface area (Å²) in [5.74, 6) is 0. The smallest absolute Gasteiger partial charge is 0.0570 e. The molecule has 2 aliphatic rings. The fourth-order valence-corrected chi connectivity index (χ4v) is 9.01. The van der Waals surface area contributed by atoms with E-state index in [1.807, 2.05) is 0 Å². The van der Waals surface area contributed by atoms with Crippen LogP contribution < -0.4 is 4.90 Å². The number of fused-ring (bicyclic) bond motifs is 7. The minimum absolute atomic E-state index is 0.0682. The predicted molar refractivity (Wildman–Crippen MR) is 209 cm³/mol. The van der Waals surface area contributed by atoms with Crippen molar-refractivity contribution in [2.45, 2.75) is 32.1 Å². The molecule has 0 atom stereocenters. The highest BCUT2D eigenvalue weighted by Gasteiger charge is 2.37. The number of nitrogens with zero attached hydrogens (tertiary/aromatic N) is 1. The van der Waals surface area contributed by atoms with Gasteiger partial charge in [-0.1, -0.05) is 147 Å². The molecule has 1 aliphatic heterocycles. The summed E-state index contributed by atoms with van der Waals surface area (Å²) < 4.78 is 0. The minimum Gasteiger partial charge on any atom is -0.340 e. The summed E-state index contributed by atoms with van der Waals surface area (Å²) in [6, 6.07) is 57.0. The average Bonchev–Trinajstić information content (AvgIpc) is 3.39. The lowest BCUT2D eigenvalue weighted by Crippen LogP contribution is -2.25. The summed E-state index contributed by atoms with van der Waals surface area (Å²) in [7, 11) is 0. The van der Waals surface area contributed by atoms with Gasteiger partial charge in [0.1, 0.15) is 0 Å². The van der Waals surface area contributed by atoms with Gasteiger partial charge in [-0.3, -0.25) is 0 Å². The van der Waals surface area contributed by atoms with E-state index in [-0.39, 0.29) is 5.41 Å². The zero-order valence-electron chi connectivity index (χ0n) is 28.0. The summed E-state index contributed by atoms with van der Waals surface area (Å²) in [6.45, 7) is 5.77. The molecule has 0 aromatic heterocycles. The van der Waals surface area contributed by atoms with Crippen LogP contribution in [0.15, 0.2) is 152 Å². The molecule has 0 saturated heterocycles. The number of rotatable bonds is 3. The lowest BCUT2D eigenvalue weighted by Gasteiger charge is -2.34. The second-order valence-electron chi connectivity index (χ2n) is 14.4. The van der Waals surface area contributed by atoms with E-state index in [0.29, 0.717) is 0 Å². The number of para-hydroxylation sites is 1. The van der Waals surface area contributed by atoms with Crippen LogP contribution in [0.1, 0.15) is 37.0 Å². The van der Waals surface area contributed by atoms with Gasteiger partial charge in [-0.2, -0.15) is 0 Å². The molecule has 0 N–H and O–H groups in total. The SMILES string of the molecule is CC1(C)c2ccccc2-c2c(-c3c4ccccc4c(N4CCCc5ccccc54)c4ccc(-c5ccc6ccccc6c5)cc34)cccc21. The third-order valence-electron chi connectivity index (χ3n) is 11.3. The quantitative estimate of drug-likeness (QED) is 0.176. The molecule has 10 rings (SSSR count). The first-order valence-electron chi connectivity index (χ1n) is 17.6. The molecule has 0 radical (unpaired) electrons. The zero-order chi connectivity index (χ0) is 32.7. The Balaban J connectivity index is 1.33. The van der Waals surface area contributed by atoms with E-state index in [2.05, 4.69) is 170 Å². The van der Waals surface area contributed by atoms with Gasteiger partial charge >= 0.3 is 0 Å². The largest absolute Gasteiger partial charge is 0.340 e. The van der Waals surface area contributed by atoms with Crippen molar-refractivity contribution in [2.75, 3.05) is 11.4 Å². The first-order valence-corrected chi connectivity index (χ1v) is 17.6. The van der Waals surface area contributed by atoms with Crippen LogP contribution in [0.4, 0.5) is 11.4 Å². The van der Waals surface area contributed by atoms with Gasteiger partial charge in [0, 0.05) is 28.4 Å². The Morgan fingerprint density at radius 3 is 2.08 bits per heavy atom. The lowest BCUT2D eigenvalue weighted by molar-refractivity contribution is 0.660. The van der Waals surface area contributed by atoms with E-state index in [4.69, 9.17) is 0 Å². The second kappa shape index (κ2) is 10.7. The topological polar surface area (TPSA) is 3.24 Å². The molecule has 0 spiro atoms. The minimum atomic E-state index is -0.0682. The molecule has 8 aromatic rings. The van der Waals surface area contributed by atoms with Crippen molar-refractivity contribution in [1.29, 1.82) is 0 Å². The van der Waals surface area contributed by atoms with Crippen LogP contribution in [-0.4, -0.2) is 6.54 Å². The van der Waals surface area contributed by atoms with Gasteiger partial charge in [0.15, 0.2) is 0 Å². The number of anilines is 2. The van der Waals surface area contributed by atoms with Crippen molar-refractivity contribution in [2.24, 2.45) is 0 Å².